The number of methoxy groups -OCH3 is 1. The third-order valence-corrected chi connectivity index (χ3v) is 4.30. The molecule has 32 heavy (non-hydrogen) atoms. The molecule has 0 aliphatic heterocycles. The van der Waals surface area contributed by atoms with Crippen LogP contribution in [0.4, 0.5) is 5.69 Å². The lowest BCUT2D eigenvalue weighted by Crippen LogP contribution is -2.43. The Labute approximate surface area is 187 Å². The van der Waals surface area contributed by atoms with Crippen LogP contribution in [0.5, 0.6) is 0 Å². The lowest BCUT2D eigenvalue weighted by molar-refractivity contribution is -0.142. The molecule has 0 bridgehead atoms. The summed E-state index contributed by atoms with van der Waals surface area (Å²) >= 11 is 0. The topological polar surface area (TPSA) is 111 Å². The SMILES string of the molecule is COC(=O)[C@@H](Cc1ccc(C(=O)OC(C)(C)C)cc1)NC(=O)c1ccccc1NC(C)=O. The predicted molar refractivity (Wildman–Crippen MR) is 119 cm³/mol. The lowest BCUT2D eigenvalue weighted by atomic mass is 10.0. The first-order valence-corrected chi connectivity index (χ1v) is 10.1. The summed E-state index contributed by atoms with van der Waals surface area (Å²) in [6, 6.07) is 12.1. The summed E-state index contributed by atoms with van der Waals surface area (Å²) in [4.78, 5) is 48.7. The van der Waals surface area contributed by atoms with Gasteiger partial charge in [0.25, 0.3) is 5.91 Å². The number of anilines is 1. The zero-order chi connectivity index (χ0) is 23.9. The Bertz CT molecular complexity index is 992. The average molecular weight is 440 g/mol. The van der Waals surface area contributed by atoms with Crippen molar-refractivity contribution in [1.29, 1.82) is 0 Å². The second-order valence-corrected chi connectivity index (χ2v) is 8.18. The van der Waals surface area contributed by atoms with E-state index >= 15 is 0 Å². The number of benzene rings is 2. The minimum atomic E-state index is -0.967. The van der Waals surface area contributed by atoms with Crippen molar-refractivity contribution in [2.45, 2.75) is 45.8 Å². The van der Waals surface area contributed by atoms with Crippen LogP contribution in [0.1, 0.15) is 54.0 Å². The first-order valence-electron chi connectivity index (χ1n) is 10.1. The Morgan fingerprint density at radius 3 is 2.16 bits per heavy atom. The molecule has 0 saturated heterocycles. The molecule has 170 valence electrons. The third kappa shape index (κ3) is 7.23. The van der Waals surface area contributed by atoms with Gasteiger partial charge in [-0.1, -0.05) is 24.3 Å². The number of esters is 2. The Hall–Kier alpha value is -3.68. The summed E-state index contributed by atoms with van der Waals surface area (Å²) in [5.41, 5.74) is 1.04. The van der Waals surface area contributed by atoms with Gasteiger partial charge in [0.05, 0.1) is 23.9 Å². The van der Waals surface area contributed by atoms with E-state index in [1.54, 1.807) is 69.3 Å². The summed E-state index contributed by atoms with van der Waals surface area (Å²) in [6.07, 6.45) is 0.148. The Morgan fingerprint density at radius 2 is 1.59 bits per heavy atom. The van der Waals surface area contributed by atoms with E-state index < -0.39 is 29.5 Å². The number of ether oxygens (including phenoxy) is 2. The molecule has 2 rings (SSSR count). The van der Waals surface area contributed by atoms with E-state index in [2.05, 4.69) is 10.6 Å². The molecule has 0 aliphatic carbocycles. The van der Waals surface area contributed by atoms with Gasteiger partial charge in [0.2, 0.25) is 5.91 Å². The quantitative estimate of drug-likeness (QED) is 0.640. The van der Waals surface area contributed by atoms with Gasteiger partial charge >= 0.3 is 11.9 Å². The van der Waals surface area contributed by atoms with E-state index in [1.807, 2.05) is 0 Å². The highest BCUT2D eigenvalue weighted by atomic mass is 16.6. The monoisotopic (exact) mass is 440 g/mol. The number of carbonyl (C=O) groups excluding carboxylic acids is 4. The van der Waals surface area contributed by atoms with Crippen LogP contribution in [0.25, 0.3) is 0 Å². The molecule has 0 radical (unpaired) electrons. The summed E-state index contributed by atoms with van der Waals surface area (Å²) in [5, 5.41) is 5.25. The Morgan fingerprint density at radius 1 is 0.969 bits per heavy atom. The maximum Gasteiger partial charge on any atom is 0.338 e. The van der Waals surface area contributed by atoms with Gasteiger partial charge in [0.1, 0.15) is 11.6 Å². The average Bonchev–Trinajstić information content (AvgIpc) is 2.71. The summed E-state index contributed by atoms with van der Waals surface area (Å²) in [5.74, 6) is -1.92. The number of para-hydroxylation sites is 1. The van der Waals surface area contributed by atoms with Gasteiger partial charge in [-0.15, -0.1) is 0 Å². The number of hydrogen-bond donors (Lipinski definition) is 2. The minimum Gasteiger partial charge on any atom is -0.467 e. The van der Waals surface area contributed by atoms with Gasteiger partial charge in [-0.05, 0) is 50.6 Å². The molecule has 0 fully saturated rings. The van der Waals surface area contributed by atoms with Crippen LogP contribution in [0, 0.1) is 0 Å². The van der Waals surface area contributed by atoms with Crippen LogP contribution in [-0.4, -0.2) is 42.5 Å². The summed E-state index contributed by atoms with van der Waals surface area (Å²) < 4.78 is 10.2. The third-order valence-electron chi connectivity index (χ3n) is 4.30. The van der Waals surface area contributed by atoms with Crippen LogP contribution < -0.4 is 10.6 Å². The molecular weight excluding hydrogens is 412 g/mol. The van der Waals surface area contributed by atoms with Crippen molar-refractivity contribution in [1.82, 2.24) is 5.32 Å². The van der Waals surface area contributed by atoms with Gasteiger partial charge < -0.3 is 20.1 Å². The van der Waals surface area contributed by atoms with Crippen molar-refractivity contribution in [3.63, 3.8) is 0 Å². The zero-order valence-corrected chi connectivity index (χ0v) is 18.9. The molecule has 1 atom stereocenters. The minimum absolute atomic E-state index is 0.148. The van der Waals surface area contributed by atoms with E-state index in [-0.39, 0.29) is 17.9 Å². The second-order valence-electron chi connectivity index (χ2n) is 8.18. The van der Waals surface area contributed by atoms with Crippen LogP contribution >= 0.6 is 0 Å². The molecule has 0 heterocycles. The van der Waals surface area contributed by atoms with Crippen molar-refractivity contribution in [2.75, 3.05) is 12.4 Å². The van der Waals surface area contributed by atoms with Crippen LogP contribution in [-0.2, 0) is 25.5 Å². The fraction of sp³-hybridized carbons (Fsp3) is 0.333. The molecular formula is C24H28N2O6. The standard InChI is InChI=1S/C24H28N2O6/c1-15(27)25-19-9-7-6-8-18(19)21(28)26-20(23(30)31-5)14-16-10-12-17(13-11-16)22(29)32-24(2,3)4/h6-13,20H,14H2,1-5H3,(H,25,27)(H,26,28)/t20-/m1/s1. The molecule has 0 saturated carbocycles. The fourth-order valence-electron chi connectivity index (χ4n) is 2.90. The number of amides is 2. The second kappa shape index (κ2) is 10.6. The highest BCUT2D eigenvalue weighted by Crippen LogP contribution is 2.17. The normalized spacial score (nSPS) is 11.8. The van der Waals surface area contributed by atoms with Gasteiger partial charge in [-0.2, -0.15) is 0 Å². The predicted octanol–water partition coefficient (Wildman–Crippen LogP) is 3.11. The van der Waals surface area contributed by atoms with Crippen molar-refractivity contribution in [3.05, 3.63) is 65.2 Å². The largest absolute Gasteiger partial charge is 0.467 e. The van der Waals surface area contributed by atoms with Crippen molar-refractivity contribution >= 4 is 29.4 Å². The summed E-state index contributed by atoms with van der Waals surface area (Å²) in [6.45, 7) is 6.69. The van der Waals surface area contributed by atoms with E-state index in [9.17, 15) is 19.2 Å². The molecule has 8 heteroatoms. The first kappa shape index (κ1) is 24.6. The number of nitrogens with one attached hydrogen (secondary N) is 2. The molecule has 0 aliphatic rings. The number of rotatable bonds is 7. The van der Waals surface area contributed by atoms with Gasteiger partial charge in [-0.25, -0.2) is 9.59 Å². The van der Waals surface area contributed by atoms with Crippen LogP contribution in [0.2, 0.25) is 0 Å². The Kier molecular flexibility index (Phi) is 8.12. The maximum atomic E-state index is 12.8. The van der Waals surface area contributed by atoms with Gasteiger partial charge in [0, 0.05) is 13.3 Å². The van der Waals surface area contributed by atoms with Crippen LogP contribution in [0.3, 0.4) is 0 Å². The maximum absolute atomic E-state index is 12.8. The van der Waals surface area contributed by atoms with Gasteiger partial charge in [0.15, 0.2) is 0 Å². The van der Waals surface area contributed by atoms with E-state index in [0.29, 0.717) is 16.8 Å². The van der Waals surface area contributed by atoms with E-state index in [4.69, 9.17) is 9.47 Å². The Balaban J connectivity index is 2.16. The number of hydrogen-bond acceptors (Lipinski definition) is 6. The first-order chi connectivity index (χ1) is 15.0. The van der Waals surface area contributed by atoms with E-state index in [1.165, 1.54) is 14.0 Å². The molecule has 0 aromatic heterocycles. The molecule has 0 spiro atoms. The zero-order valence-electron chi connectivity index (χ0n) is 18.9. The lowest BCUT2D eigenvalue weighted by Gasteiger charge is -2.20. The highest BCUT2D eigenvalue weighted by molar-refractivity contribution is 6.04. The van der Waals surface area contributed by atoms with Crippen molar-refractivity contribution in [3.8, 4) is 0 Å². The van der Waals surface area contributed by atoms with Crippen LogP contribution in [0.15, 0.2) is 48.5 Å². The molecule has 2 aromatic rings. The molecule has 2 amide bonds. The molecule has 2 N–H and O–H groups in total. The molecule has 0 unspecified atom stereocenters. The number of carbonyl (C=O) groups is 4. The van der Waals surface area contributed by atoms with E-state index in [0.717, 1.165) is 0 Å². The molecule has 8 nitrogen and oxygen atoms in total. The smallest absolute Gasteiger partial charge is 0.338 e. The van der Waals surface area contributed by atoms with Gasteiger partial charge in [-0.3, -0.25) is 9.59 Å². The summed E-state index contributed by atoms with van der Waals surface area (Å²) in [7, 11) is 1.23. The fourth-order valence-corrected chi connectivity index (χ4v) is 2.90. The van der Waals surface area contributed by atoms with Crippen molar-refractivity contribution < 1.29 is 28.7 Å². The highest BCUT2D eigenvalue weighted by Gasteiger charge is 2.24. The molecule has 2 aromatic carbocycles. The van der Waals surface area contributed by atoms with Crippen molar-refractivity contribution in [2.24, 2.45) is 0 Å².